The summed E-state index contributed by atoms with van der Waals surface area (Å²) in [5.41, 5.74) is 7.34. The van der Waals surface area contributed by atoms with Crippen LogP contribution in [-0.4, -0.2) is 9.59 Å². The molecule has 1 aromatic rings. The van der Waals surface area contributed by atoms with Crippen LogP contribution in [-0.2, 0) is 6.42 Å². The van der Waals surface area contributed by atoms with E-state index in [4.69, 9.17) is 5.73 Å². The average Bonchev–Trinajstić information content (AvgIpc) is 2.66. The summed E-state index contributed by atoms with van der Waals surface area (Å²) in [6, 6.07) is 0.117. The van der Waals surface area contributed by atoms with Gasteiger partial charge in [0, 0.05) is 6.04 Å². The highest BCUT2D eigenvalue weighted by molar-refractivity contribution is 7.05. The van der Waals surface area contributed by atoms with Crippen LogP contribution >= 0.6 is 11.5 Å². The molecule has 0 bridgehead atoms. The van der Waals surface area contributed by atoms with Crippen LogP contribution in [0.1, 0.15) is 56.6 Å². The molecule has 15 heavy (non-hydrogen) atoms. The maximum atomic E-state index is 6.23. The zero-order valence-electron chi connectivity index (χ0n) is 9.86. The van der Waals surface area contributed by atoms with Crippen LogP contribution in [0.5, 0.6) is 0 Å². The van der Waals surface area contributed by atoms with E-state index in [-0.39, 0.29) is 6.04 Å². The molecule has 2 atom stereocenters. The Kier molecular flexibility index (Phi) is 5.19. The van der Waals surface area contributed by atoms with E-state index in [9.17, 15) is 0 Å². The van der Waals surface area contributed by atoms with Crippen molar-refractivity contribution in [1.82, 2.24) is 9.59 Å². The Morgan fingerprint density at radius 2 is 2.07 bits per heavy atom. The first kappa shape index (κ1) is 12.6. The van der Waals surface area contributed by atoms with Gasteiger partial charge in [0.2, 0.25) is 0 Å². The summed E-state index contributed by atoms with van der Waals surface area (Å²) in [6.07, 6.45) is 4.46. The van der Waals surface area contributed by atoms with Gasteiger partial charge in [0.25, 0.3) is 0 Å². The second-order valence-electron chi connectivity index (χ2n) is 4.13. The summed E-state index contributed by atoms with van der Waals surface area (Å²) < 4.78 is 4.02. The first-order chi connectivity index (χ1) is 7.20. The minimum Gasteiger partial charge on any atom is -0.323 e. The number of rotatable bonds is 6. The van der Waals surface area contributed by atoms with Crippen molar-refractivity contribution in [3.05, 3.63) is 10.6 Å². The number of nitrogens with two attached hydrogens (primary N) is 1. The summed E-state index contributed by atoms with van der Waals surface area (Å²) in [6.45, 7) is 6.56. The van der Waals surface area contributed by atoms with E-state index in [1.807, 2.05) is 0 Å². The van der Waals surface area contributed by atoms with Crippen LogP contribution < -0.4 is 5.73 Å². The van der Waals surface area contributed by atoms with Crippen LogP contribution in [0.15, 0.2) is 0 Å². The fourth-order valence-electron chi connectivity index (χ4n) is 1.77. The lowest BCUT2D eigenvalue weighted by molar-refractivity contribution is 0.436. The Bertz CT molecular complexity index is 285. The molecule has 2 N–H and O–H groups in total. The van der Waals surface area contributed by atoms with E-state index in [2.05, 4.69) is 30.4 Å². The van der Waals surface area contributed by atoms with Gasteiger partial charge < -0.3 is 5.73 Å². The second kappa shape index (κ2) is 6.18. The van der Waals surface area contributed by atoms with E-state index in [1.165, 1.54) is 29.3 Å². The minimum absolute atomic E-state index is 0.117. The highest BCUT2D eigenvalue weighted by Gasteiger charge is 2.20. The van der Waals surface area contributed by atoms with Crippen molar-refractivity contribution >= 4 is 11.5 Å². The van der Waals surface area contributed by atoms with Crippen molar-refractivity contribution < 1.29 is 0 Å². The molecule has 1 aromatic heterocycles. The minimum atomic E-state index is 0.117. The molecule has 0 radical (unpaired) electrons. The zero-order valence-corrected chi connectivity index (χ0v) is 10.7. The molecule has 0 aliphatic carbocycles. The molecule has 0 aliphatic rings. The molecule has 0 aromatic carbocycles. The molecule has 0 spiro atoms. The number of aryl methyl sites for hydroxylation is 1. The van der Waals surface area contributed by atoms with Gasteiger partial charge >= 0.3 is 0 Å². The van der Waals surface area contributed by atoms with Crippen molar-refractivity contribution in [3.63, 3.8) is 0 Å². The maximum Gasteiger partial charge on any atom is 0.0803 e. The molecule has 0 aliphatic heterocycles. The van der Waals surface area contributed by atoms with E-state index in [0.717, 1.165) is 18.5 Å². The summed E-state index contributed by atoms with van der Waals surface area (Å²) in [5.74, 6) is 0.521. The summed E-state index contributed by atoms with van der Waals surface area (Å²) >= 11 is 1.47. The van der Waals surface area contributed by atoms with Crippen LogP contribution in [0.4, 0.5) is 0 Å². The first-order valence-electron chi connectivity index (χ1n) is 5.77. The zero-order chi connectivity index (χ0) is 11.3. The second-order valence-corrected chi connectivity index (χ2v) is 4.91. The summed E-state index contributed by atoms with van der Waals surface area (Å²) in [5, 5.41) is 4.16. The lowest BCUT2D eigenvalue weighted by Gasteiger charge is -2.18. The van der Waals surface area contributed by atoms with Gasteiger partial charge in [-0.15, -0.1) is 5.10 Å². The Morgan fingerprint density at radius 3 is 2.67 bits per heavy atom. The van der Waals surface area contributed by atoms with Gasteiger partial charge in [-0.3, -0.25) is 0 Å². The van der Waals surface area contributed by atoms with Crippen LogP contribution in [0.2, 0.25) is 0 Å². The Balaban J connectivity index is 2.71. The largest absolute Gasteiger partial charge is 0.323 e. The van der Waals surface area contributed by atoms with Gasteiger partial charge in [-0.25, -0.2) is 0 Å². The lowest BCUT2D eigenvalue weighted by Crippen LogP contribution is -2.19. The lowest BCUT2D eigenvalue weighted by atomic mass is 9.95. The maximum absolute atomic E-state index is 6.23. The van der Waals surface area contributed by atoms with Crippen molar-refractivity contribution in [3.8, 4) is 0 Å². The Morgan fingerprint density at radius 1 is 1.33 bits per heavy atom. The van der Waals surface area contributed by atoms with Crippen LogP contribution in [0.3, 0.4) is 0 Å². The van der Waals surface area contributed by atoms with E-state index in [1.54, 1.807) is 0 Å². The van der Waals surface area contributed by atoms with E-state index >= 15 is 0 Å². The van der Waals surface area contributed by atoms with E-state index in [0.29, 0.717) is 5.92 Å². The molecule has 3 nitrogen and oxygen atoms in total. The summed E-state index contributed by atoms with van der Waals surface area (Å²) in [4.78, 5) is 1.19. The topological polar surface area (TPSA) is 51.8 Å². The van der Waals surface area contributed by atoms with Crippen LogP contribution in [0.25, 0.3) is 0 Å². The normalized spacial score (nSPS) is 15.2. The fourth-order valence-corrected chi connectivity index (χ4v) is 2.60. The number of hydrogen-bond donors (Lipinski definition) is 1. The van der Waals surface area contributed by atoms with Crippen molar-refractivity contribution in [2.75, 3.05) is 0 Å². The molecular formula is C11H21N3S. The predicted molar refractivity (Wildman–Crippen MR) is 64.9 cm³/mol. The van der Waals surface area contributed by atoms with Gasteiger partial charge in [0.05, 0.1) is 10.6 Å². The Labute approximate surface area is 96.2 Å². The molecular weight excluding hydrogens is 206 g/mol. The third-order valence-electron chi connectivity index (χ3n) is 2.73. The molecule has 86 valence electrons. The quantitative estimate of drug-likeness (QED) is 0.813. The molecule has 0 saturated heterocycles. The number of nitrogens with zero attached hydrogens (tertiary/aromatic N) is 2. The smallest absolute Gasteiger partial charge is 0.0803 e. The molecule has 0 fully saturated rings. The molecule has 4 heteroatoms. The van der Waals surface area contributed by atoms with Gasteiger partial charge in [-0.1, -0.05) is 38.1 Å². The monoisotopic (exact) mass is 227 g/mol. The van der Waals surface area contributed by atoms with Gasteiger partial charge in [-0.2, -0.15) is 0 Å². The average molecular weight is 227 g/mol. The van der Waals surface area contributed by atoms with Crippen molar-refractivity contribution in [1.29, 1.82) is 0 Å². The molecule has 1 heterocycles. The van der Waals surface area contributed by atoms with Gasteiger partial charge in [-0.05, 0) is 30.3 Å². The standard InChI is InChI=1S/C11H21N3S/c1-4-6-8(3)10(12)11-9(7-5-2)13-14-15-11/h8,10H,4-7,12H2,1-3H3. The van der Waals surface area contributed by atoms with Gasteiger partial charge in [0.15, 0.2) is 0 Å². The van der Waals surface area contributed by atoms with Gasteiger partial charge in [0.1, 0.15) is 0 Å². The highest BCUT2D eigenvalue weighted by atomic mass is 32.1. The Hall–Kier alpha value is -0.480. The third kappa shape index (κ3) is 3.24. The first-order valence-corrected chi connectivity index (χ1v) is 6.54. The van der Waals surface area contributed by atoms with Crippen molar-refractivity contribution in [2.24, 2.45) is 11.7 Å². The SMILES string of the molecule is CCCc1nnsc1C(N)C(C)CCC. The van der Waals surface area contributed by atoms with E-state index < -0.39 is 0 Å². The summed E-state index contributed by atoms with van der Waals surface area (Å²) in [7, 11) is 0. The number of aromatic nitrogens is 2. The molecule has 2 unspecified atom stereocenters. The van der Waals surface area contributed by atoms with Crippen LogP contribution in [0, 0.1) is 5.92 Å². The fraction of sp³-hybridized carbons (Fsp3) is 0.818. The molecule has 0 amide bonds. The number of hydrogen-bond acceptors (Lipinski definition) is 4. The molecule has 0 saturated carbocycles. The molecule has 1 rings (SSSR count). The highest BCUT2D eigenvalue weighted by Crippen LogP contribution is 2.28. The van der Waals surface area contributed by atoms with Crippen molar-refractivity contribution in [2.45, 2.75) is 52.5 Å². The predicted octanol–water partition coefficient (Wildman–Crippen LogP) is 2.93. The third-order valence-corrected chi connectivity index (χ3v) is 3.60.